The fourth-order valence-electron chi connectivity index (χ4n) is 4.09. The lowest BCUT2D eigenvalue weighted by Gasteiger charge is -2.48. The van der Waals surface area contributed by atoms with Gasteiger partial charge in [0.15, 0.2) is 5.65 Å². The van der Waals surface area contributed by atoms with Crippen molar-refractivity contribution in [3.63, 3.8) is 0 Å². The van der Waals surface area contributed by atoms with E-state index in [-0.39, 0.29) is 5.91 Å². The summed E-state index contributed by atoms with van der Waals surface area (Å²) in [5.41, 5.74) is 3.22. The zero-order chi connectivity index (χ0) is 16.1. The molecular weight excluding hydrogens is 290 g/mol. The Labute approximate surface area is 136 Å². The van der Waals surface area contributed by atoms with Crippen LogP contribution in [0.1, 0.15) is 34.6 Å². The Morgan fingerprint density at radius 3 is 2.70 bits per heavy atom. The Morgan fingerprint density at radius 2 is 2.04 bits per heavy atom. The molecule has 1 atom stereocenters. The van der Waals surface area contributed by atoms with E-state index in [4.69, 9.17) is 0 Å². The minimum atomic E-state index is 0.0591. The van der Waals surface area contributed by atoms with Crippen molar-refractivity contribution in [2.75, 3.05) is 26.7 Å². The summed E-state index contributed by atoms with van der Waals surface area (Å²) in [6.45, 7) is 7.25. The second-order valence-electron chi connectivity index (χ2n) is 6.93. The van der Waals surface area contributed by atoms with Crippen LogP contribution in [0, 0.1) is 19.8 Å². The van der Waals surface area contributed by atoms with Gasteiger partial charge in [-0.05, 0) is 45.7 Å². The predicted octanol–water partition coefficient (Wildman–Crippen LogP) is 1.51. The summed E-state index contributed by atoms with van der Waals surface area (Å²) < 4.78 is 1.77. The first kappa shape index (κ1) is 14.6. The van der Waals surface area contributed by atoms with E-state index in [1.54, 1.807) is 10.7 Å². The lowest BCUT2D eigenvalue weighted by Crippen LogP contribution is -2.57. The number of carbonyl (C=O) groups excluding carboxylic acids is 1. The molecule has 23 heavy (non-hydrogen) atoms. The third kappa shape index (κ3) is 2.32. The van der Waals surface area contributed by atoms with Crippen molar-refractivity contribution < 1.29 is 4.79 Å². The molecule has 0 saturated carbocycles. The number of fused-ring (bicyclic) bond motifs is 4. The molecule has 1 unspecified atom stereocenters. The van der Waals surface area contributed by atoms with Crippen molar-refractivity contribution in [3.05, 3.63) is 29.2 Å². The highest BCUT2D eigenvalue weighted by Crippen LogP contribution is 2.31. The normalized spacial score (nSPS) is 26.7. The molecule has 5 rings (SSSR count). The highest BCUT2D eigenvalue weighted by Gasteiger charge is 2.38. The van der Waals surface area contributed by atoms with Gasteiger partial charge in [-0.1, -0.05) is 0 Å². The molecule has 1 amide bonds. The highest BCUT2D eigenvalue weighted by molar-refractivity contribution is 5.95. The number of rotatable bonds is 2. The molecule has 5 heterocycles. The van der Waals surface area contributed by atoms with Crippen LogP contribution in [-0.2, 0) is 0 Å². The van der Waals surface area contributed by atoms with Gasteiger partial charge in [-0.15, -0.1) is 0 Å². The largest absolute Gasteiger partial charge is 0.337 e. The molecule has 3 aliphatic heterocycles. The van der Waals surface area contributed by atoms with Gasteiger partial charge in [0.1, 0.15) is 0 Å². The van der Waals surface area contributed by atoms with Gasteiger partial charge in [-0.25, -0.2) is 9.50 Å². The van der Waals surface area contributed by atoms with Gasteiger partial charge < -0.3 is 9.80 Å². The van der Waals surface area contributed by atoms with Crippen LogP contribution in [0.4, 0.5) is 0 Å². The smallest absolute Gasteiger partial charge is 0.257 e. The summed E-state index contributed by atoms with van der Waals surface area (Å²) in [7, 11) is 1.94. The van der Waals surface area contributed by atoms with E-state index >= 15 is 0 Å². The van der Waals surface area contributed by atoms with Crippen LogP contribution in [0.3, 0.4) is 0 Å². The number of aromatic nitrogens is 3. The Bertz CT molecular complexity index is 760. The average molecular weight is 313 g/mol. The molecule has 0 N–H and O–H groups in total. The summed E-state index contributed by atoms with van der Waals surface area (Å²) in [4.78, 5) is 21.8. The number of amides is 1. The maximum absolute atomic E-state index is 13.0. The second-order valence-corrected chi connectivity index (χ2v) is 6.93. The summed E-state index contributed by atoms with van der Waals surface area (Å²) in [6, 6.07) is 2.25. The first-order chi connectivity index (χ1) is 11.0. The van der Waals surface area contributed by atoms with Gasteiger partial charge in [0.25, 0.3) is 5.91 Å². The van der Waals surface area contributed by atoms with Crippen molar-refractivity contribution in [2.45, 2.75) is 32.7 Å². The van der Waals surface area contributed by atoms with Gasteiger partial charge in [-0.3, -0.25) is 4.79 Å². The molecule has 0 radical (unpaired) electrons. The first-order valence-electron chi connectivity index (χ1n) is 8.36. The fraction of sp³-hybridized carbons (Fsp3) is 0.588. The number of hydrogen-bond donors (Lipinski definition) is 0. The van der Waals surface area contributed by atoms with E-state index in [9.17, 15) is 4.79 Å². The Morgan fingerprint density at radius 1 is 1.30 bits per heavy atom. The molecule has 0 spiro atoms. The van der Waals surface area contributed by atoms with Crippen LogP contribution < -0.4 is 0 Å². The molecule has 0 aromatic carbocycles. The van der Waals surface area contributed by atoms with Crippen molar-refractivity contribution in [2.24, 2.45) is 5.92 Å². The zero-order valence-electron chi connectivity index (χ0n) is 14.0. The van der Waals surface area contributed by atoms with Crippen molar-refractivity contribution >= 4 is 11.6 Å². The Kier molecular flexibility index (Phi) is 3.37. The van der Waals surface area contributed by atoms with Gasteiger partial charge in [0, 0.05) is 31.9 Å². The molecule has 122 valence electrons. The molecule has 3 aliphatic rings. The van der Waals surface area contributed by atoms with E-state index in [0.29, 0.717) is 17.5 Å². The third-order valence-corrected chi connectivity index (χ3v) is 5.52. The summed E-state index contributed by atoms with van der Waals surface area (Å²) in [5.74, 6) is 0.696. The number of piperidine rings is 3. The minimum absolute atomic E-state index is 0.0591. The van der Waals surface area contributed by atoms with Crippen LogP contribution in [0.2, 0.25) is 0 Å². The van der Waals surface area contributed by atoms with E-state index < -0.39 is 0 Å². The molecule has 2 bridgehead atoms. The van der Waals surface area contributed by atoms with E-state index in [1.807, 2.05) is 31.9 Å². The molecular formula is C17H23N5O. The Hall–Kier alpha value is -1.95. The summed E-state index contributed by atoms with van der Waals surface area (Å²) in [5, 5.41) is 4.44. The van der Waals surface area contributed by atoms with E-state index in [1.165, 1.54) is 25.9 Å². The van der Waals surface area contributed by atoms with E-state index in [2.05, 4.69) is 15.0 Å². The molecule has 6 nitrogen and oxygen atoms in total. The van der Waals surface area contributed by atoms with Gasteiger partial charge in [-0.2, -0.15) is 5.10 Å². The number of likely N-dealkylation sites (N-methyl/N-ethyl adjacent to an activating group) is 1. The topological polar surface area (TPSA) is 53.7 Å². The highest BCUT2D eigenvalue weighted by atomic mass is 16.2. The number of carbonyl (C=O) groups is 1. The van der Waals surface area contributed by atoms with Gasteiger partial charge in [0.2, 0.25) is 0 Å². The van der Waals surface area contributed by atoms with Crippen LogP contribution >= 0.6 is 0 Å². The van der Waals surface area contributed by atoms with Gasteiger partial charge in [0.05, 0.1) is 17.0 Å². The monoisotopic (exact) mass is 313 g/mol. The SMILES string of the molecule is Cc1cc2ncc(C(=O)N(C)C3CN4CCC3CC4)c(C)n2n1. The molecule has 3 saturated heterocycles. The molecule has 2 aromatic rings. The standard InChI is InChI=1S/C17H23N5O/c1-11-8-16-18-9-14(12(2)22(16)19-11)17(23)20(3)15-10-21-6-4-13(15)5-7-21/h8-9,13,15H,4-7,10H2,1-3H3. The maximum atomic E-state index is 13.0. The average Bonchev–Trinajstić information content (AvgIpc) is 2.96. The van der Waals surface area contributed by atoms with Crippen molar-refractivity contribution in [3.8, 4) is 0 Å². The lowest BCUT2D eigenvalue weighted by atomic mass is 9.83. The third-order valence-electron chi connectivity index (χ3n) is 5.52. The first-order valence-corrected chi connectivity index (χ1v) is 8.36. The Balaban J connectivity index is 1.64. The quantitative estimate of drug-likeness (QED) is 0.843. The van der Waals surface area contributed by atoms with Gasteiger partial charge >= 0.3 is 0 Å². The maximum Gasteiger partial charge on any atom is 0.257 e. The van der Waals surface area contributed by atoms with Crippen LogP contribution in [-0.4, -0.2) is 63.0 Å². The molecule has 6 heteroatoms. The number of aryl methyl sites for hydroxylation is 2. The van der Waals surface area contributed by atoms with Crippen LogP contribution in [0.25, 0.3) is 5.65 Å². The van der Waals surface area contributed by atoms with Crippen LogP contribution in [0.5, 0.6) is 0 Å². The zero-order valence-corrected chi connectivity index (χ0v) is 14.0. The van der Waals surface area contributed by atoms with Crippen molar-refractivity contribution in [1.29, 1.82) is 0 Å². The van der Waals surface area contributed by atoms with Crippen molar-refractivity contribution in [1.82, 2.24) is 24.4 Å². The second kappa shape index (κ2) is 5.30. The number of nitrogens with zero attached hydrogens (tertiary/aromatic N) is 5. The molecule has 0 aliphatic carbocycles. The minimum Gasteiger partial charge on any atom is -0.337 e. The molecule has 2 aromatic heterocycles. The summed E-state index contributed by atoms with van der Waals surface area (Å²) >= 11 is 0. The lowest BCUT2D eigenvalue weighted by molar-refractivity contribution is 0.0161. The molecule has 3 fully saturated rings. The summed E-state index contributed by atoms with van der Waals surface area (Å²) in [6.07, 6.45) is 4.11. The number of hydrogen-bond acceptors (Lipinski definition) is 4. The fourth-order valence-corrected chi connectivity index (χ4v) is 4.09. The predicted molar refractivity (Wildman–Crippen MR) is 87.5 cm³/mol. The van der Waals surface area contributed by atoms with E-state index in [0.717, 1.165) is 23.6 Å². The van der Waals surface area contributed by atoms with Crippen LogP contribution in [0.15, 0.2) is 12.3 Å².